The molecule has 1 aliphatic heterocycles. The van der Waals surface area contributed by atoms with Crippen LogP contribution in [0.3, 0.4) is 0 Å². The van der Waals surface area contributed by atoms with Crippen molar-refractivity contribution in [3.8, 4) is 0 Å². The van der Waals surface area contributed by atoms with Gasteiger partial charge in [-0.15, -0.1) is 0 Å². The smallest absolute Gasteiger partial charge is 0.389 e. The highest BCUT2D eigenvalue weighted by atomic mass is 16.6. The van der Waals surface area contributed by atoms with Gasteiger partial charge in [0.05, 0.1) is 23.9 Å². The number of benzene rings is 1. The van der Waals surface area contributed by atoms with E-state index in [0.29, 0.717) is 11.1 Å². The molecule has 48 heavy (non-hydrogen) atoms. The summed E-state index contributed by atoms with van der Waals surface area (Å²) in [5.74, 6) is -8.14. The van der Waals surface area contributed by atoms with E-state index in [9.17, 15) is 48.5 Å². The van der Waals surface area contributed by atoms with E-state index < -0.39 is 105 Å². The molecule has 3 rings (SSSR count). The molecule has 0 radical (unpaired) electrons. The van der Waals surface area contributed by atoms with Crippen LogP contribution in [0, 0.1) is 10.1 Å². The highest BCUT2D eigenvalue weighted by Crippen LogP contribution is 2.12. The molecular weight excluding hydrogens is 646 g/mol. The summed E-state index contributed by atoms with van der Waals surface area (Å²) in [6.07, 6.45) is 1.28. The number of cyclic esters (lactones) is 4. The number of esters is 4. The van der Waals surface area contributed by atoms with E-state index in [1.807, 2.05) is 0 Å². The van der Waals surface area contributed by atoms with Gasteiger partial charge < -0.3 is 50.3 Å². The standard InChI is InChI=1S/C27H29N7O14/c35-20-12-46-25(40)9-30-22(37)14-48-27(42)18(7-16-1-3-17(4-2-16)11-33-6-5-19(32-33)34(43)44)31-23(38)15-47-26(41)10-29-21(36)13-45-24(39)8-28-20/h1-6,18H,7-15H2,(H,28,35)(H,29,36)(H,30,37)(H,31,38). The van der Waals surface area contributed by atoms with Crippen molar-refractivity contribution in [1.82, 2.24) is 31.0 Å². The maximum Gasteiger partial charge on any atom is 0.389 e. The van der Waals surface area contributed by atoms with Crippen molar-refractivity contribution in [2.45, 2.75) is 19.0 Å². The monoisotopic (exact) mass is 675 g/mol. The molecule has 0 bridgehead atoms. The number of nitrogens with zero attached hydrogens (tertiary/aromatic N) is 3. The molecule has 1 aromatic carbocycles. The summed E-state index contributed by atoms with van der Waals surface area (Å²) in [6.45, 7) is -5.25. The molecule has 256 valence electrons. The lowest BCUT2D eigenvalue weighted by Crippen LogP contribution is -2.46. The van der Waals surface area contributed by atoms with E-state index in [-0.39, 0.29) is 18.8 Å². The van der Waals surface area contributed by atoms with Crippen LogP contribution >= 0.6 is 0 Å². The summed E-state index contributed by atoms with van der Waals surface area (Å²) in [5, 5.41) is 23.3. The van der Waals surface area contributed by atoms with Crippen molar-refractivity contribution in [2.24, 2.45) is 0 Å². The van der Waals surface area contributed by atoms with Gasteiger partial charge in [-0.1, -0.05) is 24.3 Å². The van der Waals surface area contributed by atoms with Crippen molar-refractivity contribution < 1.29 is 62.2 Å². The van der Waals surface area contributed by atoms with Crippen LogP contribution in [0.4, 0.5) is 5.82 Å². The second-order valence-corrected chi connectivity index (χ2v) is 9.69. The minimum atomic E-state index is -1.40. The maximum atomic E-state index is 12.9. The van der Waals surface area contributed by atoms with Crippen molar-refractivity contribution >= 4 is 53.3 Å². The molecule has 0 saturated carbocycles. The number of rotatable bonds is 5. The van der Waals surface area contributed by atoms with Gasteiger partial charge in [-0.05, 0) is 16.1 Å². The Hall–Kier alpha value is -6.41. The fraction of sp³-hybridized carbons (Fsp3) is 0.370. The van der Waals surface area contributed by atoms with Crippen LogP contribution in [0.2, 0.25) is 0 Å². The first-order chi connectivity index (χ1) is 22.9. The first-order valence-corrected chi connectivity index (χ1v) is 13.9. The number of aromatic nitrogens is 2. The zero-order chi connectivity index (χ0) is 35.1. The lowest BCUT2D eigenvalue weighted by Gasteiger charge is -2.18. The van der Waals surface area contributed by atoms with Gasteiger partial charge in [-0.2, -0.15) is 4.68 Å². The van der Waals surface area contributed by atoms with Gasteiger partial charge in [-0.3, -0.25) is 33.6 Å². The molecule has 1 fully saturated rings. The predicted octanol–water partition coefficient (Wildman–Crippen LogP) is -3.60. The summed E-state index contributed by atoms with van der Waals surface area (Å²) in [6, 6.07) is 6.37. The van der Waals surface area contributed by atoms with E-state index in [4.69, 9.17) is 9.47 Å². The molecule has 21 heteroatoms. The molecule has 4 N–H and O–H groups in total. The summed E-state index contributed by atoms with van der Waals surface area (Å²) in [5.41, 5.74) is 1.21. The van der Waals surface area contributed by atoms with Crippen LogP contribution in [0.1, 0.15) is 11.1 Å². The number of hydrogen-bond acceptors (Lipinski definition) is 15. The average Bonchev–Trinajstić information content (AvgIpc) is 3.54. The van der Waals surface area contributed by atoms with Crippen LogP contribution in [-0.2, 0) is 70.3 Å². The Morgan fingerprint density at radius 1 is 0.688 bits per heavy atom. The number of nitro groups is 1. The van der Waals surface area contributed by atoms with Crippen molar-refractivity contribution in [3.05, 3.63) is 57.8 Å². The second-order valence-electron chi connectivity index (χ2n) is 9.69. The number of carbonyl (C=O) groups excluding carboxylic acids is 8. The summed E-state index contributed by atoms with van der Waals surface area (Å²) < 4.78 is 20.4. The highest BCUT2D eigenvalue weighted by Gasteiger charge is 2.25. The van der Waals surface area contributed by atoms with Crippen molar-refractivity contribution in [1.29, 1.82) is 0 Å². The normalized spacial score (nSPS) is 18.4. The van der Waals surface area contributed by atoms with Crippen LogP contribution in [0.25, 0.3) is 0 Å². The van der Waals surface area contributed by atoms with Crippen LogP contribution in [0.15, 0.2) is 36.5 Å². The molecule has 1 unspecified atom stereocenters. The Bertz CT molecular complexity index is 1560. The zero-order valence-electron chi connectivity index (χ0n) is 25.0. The molecular formula is C27H29N7O14. The summed E-state index contributed by atoms with van der Waals surface area (Å²) in [4.78, 5) is 107. The lowest BCUT2D eigenvalue weighted by atomic mass is 10.0. The molecule has 2 aromatic rings. The number of nitrogens with one attached hydrogen (secondary N) is 4. The number of carbonyl (C=O) groups is 8. The molecule has 1 atom stereocenters. The van der Waals surface area contributed by atoms with E-state index in [1.54, 1.807) is 24.3 Å². The predicted molar refractivity (Wildman–Crippen MR) is 153 cm³/mol. The van der Waals surface area contributed by atoms with E-state index in [0.717, 1.165) is 0 Å². The van der Waals surface area contributed by atoms with E-state index >= 15 is 0 Å². The van der Waals surface area contributed by atoms with Gasteiger partial charge in [0.1, 0.15) is 25.7 Å². The minimum absolute atomic E-state index is 0.156. The Morgan fingerprint density at radius 3 is 1.62 bits per heavy atom. The average molecular weight is 676 g/mol. The van der Waals surface area contributed by atoms with Crippen LogP contribution in [-0.4, -0.2) is 114 Å². The summed E-state index contributed by atoms with van der Waals surface area (Å²) in [7, 11) is 0. The van der Waals surface area contributed by atoms with Gasteiger partial charge in [0.15, 0.2) is 26.4 Å². The molecule has 0 spiro atoms. The van der Waals surface area contributed by atoms with E-state index in [2.05, 4.69) is 35.8 Å². The van der Waals surface area contributed by atoms with Gasteiger partial charge >= 0.3 is 29.7 Å². The third-order valence-corrected chi connectivity index (χ3v) is 5.97. The maximum absolute atomic E-state index is 12.9. The lowest BCUT2D eigenvalue weighted by molar-refractivity contribution is -0.389. The zero-order valence-corrected chi connectivity index (χ0v) is 25.0. The number of hydrogen-bond donors (Lipinski definition) is 4. The fourth-order valence-electron chi connectivity index (χ4n) is 3.66. The topological polar surface area (TPSA) is 283 Å². The SMILES string of the molecule is O=C1COC(=O)CNC(=O)COC(=O)C(Cc2ccc(Cn3ccc([N+](=O)[O-])n3)cc2)NC(=O)COC(=O)CNC(=O)COC(=O)CN1. The number of ether oxygens (including phenoxy) is 4. The first kappa shape index (κ1) is 36.1. The molecule has 2 heterocycles. The van der Waals surface area contributed by atoms with E-state index in [1.165, 1.54) is 16.9 Å². The Labute approximate surface area is 269 Å². The molecule has 0 aliphatic carbocycles. The molecule has 1 aromatic heterocycles. The highest BCUT2D eigenvalue weighted by molar-refractivity contribution is 5.90. The van der Waals surface area contributed by atoms with Gasteiger partial charge in [0, 0.05) is 6.42 Å². The summed E-state index contributed by atoms with van der Waals surface area (Å²) >= 11 is 0. The molecule has 1 aliphatic rings. The molecule has 1 saturated heterocycles. The van der Waals surface area contributed by atoms with Gasteiger partial charge in [0.2, 0.25) is 0 Å². The molecule has 21 nitrogen and oxygen atoms in total. The van der Waals surface area contributed by atoms with Crippen LogP contribution < -0.4 is 21.3 Å². The van der Waals surface area contributed by atoms with Gasteiger partial charge in [0.25, 0.3) is 23.6 Å². The van der Waals surface area contributed by atoms with Crippen LogP contribution in [0.5, 0.6) is 0 Å². The Balaban J connectivity index is 1.66. The minimum Gasteiger partial charge on any atom is -0.454 e. The number of amides is 4. The first-order valence-electron chi connectivity index (χ1n) is 13.9. The van der Waals surface area contributed by atoms with Gasteiger partial charge in [-0.25, -0.2) is 4.79 Å². The second kappa shape index (κ2) is 17.9. The third kappa shape index (κ3) is 12.9. The third-order valence-electron chi connectivity index (χ3n) is 5.97. The Morgan fingerprint density at radius 2 is 1.15 bits per heavy atom. The quantitative estimate of drug-likeness (QED) is 0.103. The fourth-order valence-corrected chi connectivity index (χ4v) is 3.66. The Kier molecular flexibility index (Phi) is 13.5. The largest absolute Gasteiger partial charge is 0.454 e. The molecule has 4 amide bonds. The van der Waals surface area contributed by atoms with Crippen molar-refractivity contribution in [2.75, 3.05) is 46.1 Å². The van der Waals surface area contributed by atoms with Crippen molar-refractivity contribution in [3.63, 3.8) is 0 Å².